The Morgan fingerprint density at radius 1 is 1.14 bits per heavy atom. The zero-order chi connectivity index (χ0) is 9.97. The SMILES string of the molecule is OC(O)c1cnn(-c2ccccc2)c1. The fourth-order valence-electron chi connectivity index (χ4n) is 1.19. The van der Waals surface area contributed by atoms with Gasteiger partial charge in [0.15, 0.2) is 6.29 Å². The van der Waals surface area contributed by atoms with E-state index in [-0.39, 0.29) is 0 Å². The van der Waals surface area contributed by atoms with Crippen molar-refractivity contribution in [3.63, 3.8) is 0 Å². The molecule has 14 heavy (non-hydrogen) atoms. The lowest BCUT2D eigenvalue weighted by molar-refractivity contribution is -0.0425. The van der Waals surface area contributed by atoms with E-state index in [0.29, 0.717) is 5.56 Å². The summed E-state index contributed by atoms with van der Waals surface area (Å²) in [4.78, 5) is 0. The maximum atomic E-state index is 8.89. The van der Waals surface area contributed by atoms with Crippen LogP contribution in [0, 0.1) is 0 Å². The first-order valence-corrected chi connectivity index (χ1v) is 4.23. The van der Waals surface area contributed by atoms with Gasteiger partial charge >= 0.3 is 0 Å². The monoisotopic (exact) mass is 190 g/mol. The molecular formula is C10H10N2O2. The number of benzene rings is 1. The van der Waals surface area contributed by atoms with Crippen molar-refractivity contribution < 1.29 is 10.2 Å². The number of hydrogen-bond acceptors (Lipinski definition) is 3. The van der Waals surface area contributed by atoms with Crippen molar-refractivity contribution in [1.29, 1.82) is 0 Å². The molecule has 4 nitrogen and oxygen atoms in total. The van der Waals surface area contributed by atoms with Gasteiger partial charge in [-0.2, -0.15) is 5.10 Å². The summed E-state index contributed by atoms with van der Waals surface area (Å²) in [7, 11) is 0. The maximum Gasteiger partial charge on any atom is 0.181 e. The molecule has 0 amide bonds. The van der Waals surface area contributed by atoms with E-state index in [2.05, 4.69) is 5.10 Å². The lowest BCUT2D eigenvalue weighted by Gasteiger charge is -1.99. The van der Waals surface area contributed by atoms with Crippen LogP contribution >= 0.6 is 0 Å². The summed E-state index contributed by atoms with van der Waals surface area (Å²) >= 11 is 0. The Labute approximate surface area is 81.0 Å². The van der Waals surface area contributed by atoms with Gasteiger partial charge < -0.3 is 10.2 Å². The van der Waals surface area contributed by atoms with Gasteiger partial charge in [0.25, 0.3) is 0 Å². The molecule has 0 unspecified atom stereocenters. The fraction of sp³-hybridized carbons (Fsp3) is 0.100. The first kappa shape index (κ1) is 8.93. The van der Waals surface area contributed by atoms with Crippen LogP contribution in [-0.2, 0) is 0 Å². The highest BCUT2D eigenvalue weighted by atomic mass is 16.5. The molecule has 1 aromatic carbocycles. The normalized spacial score (nSPS) is 10.8. The lowest BCUT2D eigenvalue weighted by atomic mass is 10.3. The highest BCUT2D eigenvalue weighted by molar-refractivity contribution is 5.30. The molecule has 0 saturated heterocycles. The van der Waals surface area contributed by atoms with E-state index >= 15 is 0 Å². The van der Waals surface area contributed by atoms with Gasteiger partial charge in [0.1, 0.15) is 0 Å². The number of rotatable bonds is 2. The topological polar surface area (TPSA) is 58.3 Å². The molecule has 2 rings (SSSR count). The molecular weight excluding hydrogens is 180 g/mol. The van der Waals surface area contributed by atoms with Crippen LogP contribution in [0.4, 0.5) is 0 Å². The van der Waals surface area contributed by atoms with Crippen molar-refractivity contribution in [1.82, 2.24) is 9.78 Å². The number of aliphatic hydroxyl groups is 2. The van der Waals surface area contributed by atoms with E-state index in [1.165, 1.54) is 6.20 Å². The molecule has 0 fully saturated rings. The minimum Gasteiger partial charge on any atom is -0.364 e. The van der Waals surface area contributed by atoms with Crippen molar-refractivity contribution in [3.8, 4) is 5.69 Å². The summed E-state index contributed by atoms with van der Waals surface area (Å²) in [6, 6.07) is 9.48. The van der Waals surface area contributed by atoms with Gasteiger partial charge in [0.05, 0.1) is 11.9 Å². The van der Waals surface area contributed by atoms with Crippen molar-refractivity contribution in [2.75, 3.05) is 0 Å². The number of para-hydroxylation sites is 1. The van der Waals surface area contributed by atoms with Crippen molar-refractivity contribution in [3.05, 3.63) is 48.3 Å². The molecule has 0 aliphatic rings. The summed E-state index contributed by atoms with van der Waals surface area (Å²) in [6.45, 7) is 0. The van der Waals surface area contributed by atoms with E-state index in [0.717, 1.165) is 5.69 Å². The van der Waals surface area contributed by atoms with Crippen LogP contribution in [0.3, 0.4) is 0 Å². The third-order valence-corrected chi connectivity index (χ3v) is 1.92. The first-order chi connectivity index (χ1) is 6.77. The molecule has 1 heterocycles. The Morgan fingerprint density at radius 2 is 1.86 bits per heavy atom. The number of nitrogens with zero attached hydrogens (tertiary/aromatic N) is 2. The molecule has 2 N–H and O–H groups in total. The van der Waals surface area contributed by atoms with Crippen LogP contribution in [0.2, 0.25) is 0 Å². The Hall–Kier alpha value is -1.65. The molecule has 0 bridgehead atoms. The second-order valence-corrected chi connectivity index (χ2v) is 2.93. The van der Waals surface area contributed by atoms with Gasteiger partial charge in [0.2, 0.25) is 0 Å². The predicted molar refractivity (Wildman–Crippen MR) is 50.7 cm³/mol. The van der Waals surface area contributed by atoms with Gasteiger partial charge in [-0.25, -0.2) is 4.68 Å². The molecule has 0 aliphatic heterocycles. The Balaban J connectivity index is 2.34. The Morgan fingerprint density at radius 3 is 2.43 bits per heavy atom. The smallest absolute Gasteiger partial charge is 0.181 e. The van der Waals surface area contributed by atoms with Crippen LogP contribution in [0.5, 0.6) is 0 Å². The van der Waals surface area contributed by atoms with Crippen molar-refractivity contribution in [2.24, 2.45) is 0 Å². The molecule has 0 atom stereocenters. The van der Waals surface area contributed by atoms with Crippen LogP contribution in [0.25, 0.3) is 5.69 Å². The summed E-state index contributed by atoms with van der Waals surface area (Å²) in [5.41, 5.74) is 1.27. The standard InChI is InChI=1S/C10H10N2O2/c13-10(14)8-6-11-12(7-8)9-4-2-1-3-5-9/h1-7,10,13-14H. The second-order valence-electron chi connectivity index (χ2n) is 2.93. The molecule has 0 radical (unpaired) electrons. The van der Waals surface area contributed by atoms with E-state index in [9.17, 15) is 0 Å². The highest BCUT2D eigenvalue weighted by Crippen LogP contribution is 2.11. The summed E-state index contributed by atoms with van der Waals surface area (Å²) in [5, 5.41) is 21.8. The first-order valence-electron chi connectivity index (χ1n) is 4.23. The average molecular weight is 190 g/mol. The lowest BCUT2D eigenvalue weighted by Crippen LogP contribution is -1.94. The largest absolute Gasteiger partial charge is 0.364 e. The molecule has 0 aliphatic carbocycles. The van der Waals surface area contributed by atoms with E-state index in [1.807, 2.05) is 30.3 Å². The average Bonchev–Trinajstić information content (AvgIpc) is 2.68. The highest BCUT2D eigenvalue weighted by Gasteiger charge is 2.05. The summed E-state index contributed by atoms with van der Waals surface area (Å²) in [5.74, 6) is 0. The van der Waals surface area contributed by atoms with E-state index < -0.39 is 6.29 Å². The molecule has 0 saturated carbocycles. The second kappa shape index (κ2) is 3.61. The maximum absolute atomic E-state index is 8.89. The minimum atomic E-state index is -1.47. The van der Waals surface area contributed by atoms with Crippen LogP contribution < -0.4 is 0 Å². The molecule has 2 aromatic rings. The van der Waals surface area contributed by atoms with Crippen molar-refractivity contribution in [2.45, 2.75) is 6.29 Å². The van der Waals surface area contributed by atoms with Crippen LogP contribution in [0.1, 0.15) is 11.9 Å². The molecule has 1 aromatic heterocycles. The van der Waals surface area contributed by atoms with Crippen molar-refractivity contribution >= 4 is 0 Å². The van der Waals surface area contributed by atoms with E-state index in [1.54, 1.807) is 10.9 Å². The number of aromatic nitrogens is 2. The number of aliphatic hydroxyl groups excluding tert-OH is 1. The van der Waals surface area contributed by atoms with Gasteiger partial charge in [-0.3, -0.25) is 0 Å². The number of hydrogen-bond donors (Lipinski definition) is 2. The van der Waals surface area contributed by atoms with Gasteiger partial charge in [-0.1, -0.05) is 18.2 Å². The van der Waals surface area contributed by atoms with Gasteiger partial charge in [-0.15, -0.1) is 0 Å². The van der Waals surface area contributed by atoms with E-state index in [4.69, 9.17) is 10.2 Å². The quantitative estimate of drug-likeness (QED) is 0.690. The van der Waals surface area contributed by atoms with Gasteiger partial charge in [0, 0.05) is 11.8 Å². The Kier molecular flexibility index (Phi) is 2.30. The van der Waals surface area contributed by atoms with Gasteiger partial charge in [-0.05, 0) is 12.1 Å². The molecule has 4 heteroatoms. The third kappa shape index (κ3) is 1.66. The fourth-order valence-corrected chi connectivity index (χ4v) is 1.19. The molecule has 0 spiro atoms. The predicted octanol–water partition coefficient (Wildman–Crippen LogP) is 0.856. The summed E-state index contributed by atoms with van der Waals surface area (Å²) < 4.78 is 1.59. The van der Waals surface area contributed by atoms with Crippen LogP contribution in [-0.4, -0.2) is 20.0 Å². The van der Waals surface area contributed by atoms with Crippen LogP contribution in [0.15, 0.2) is 42.7 Å². The molecule has 72 valence electrons. The Bertz CT molecular complexity index is 409. The zero-order valence-electron chi connectivity index (χ0n) is 7.41. The zero-order valence-corrected chi connectivity index (χ0v) is 7.41. The summed E-state index contributed by atoms with van der Waals surface area (Å²) in [6.07, 6.45) is 1.55. The third-order valence-electron chi connectivity index (χ3n) is 1.92. The minimum absolute atomic E-state index is 0.383.